The van der Waals surface area contributed by atoms with Crippen LogP contribution in [0.4, 0.5) is 13.2 Å². The van der Waals surface area contributed by atoms with Gasteiger partial charge in [0, 0.05) is 24.0 Å². The van der Waals surface area contributed by atoms with Gasteiger partial charge in [-0.1, -0.05) is 0 Å². The Morgan fingerprint density at radius 1 is 1.26 bits per heavy atom. The first-order chi connectivity index (χ1) is 9.08. The predicted octanol–water partition coefficient (Wildman–Crippen LogP) is 3.05. The largest absolute Gasteiger partial charge is 0.435 e. The minimum atomic E-state index is -3.04. The molecule has 0 aliphatic rings. The molecule has 0 aliphatic heterocycles. The van der Waals surface area contributed by atoms with Crippen LogP contribution in [0, 0.1) is 5.82 Å². The minimum Gasteiger partial charge on any atom is -0.435 e. The van der Waals surface area contributed by atoms with Crippen molar-refractivity contribution in [2.24, 2.45) is 0 Å². The second-order valence-electron chi connectivity index (χ2n) is 3.59. The summed E-state index contributed by atoms with van der Waals surface area (Å²) in [7, 11) is 0. The molecule has 0 aliphatic carbocycles. The van der Waals surface area contributed by atoms with Gasteiger partial charge < -0.3 is 4.74 Å². The summed E-state index contributed by atoms with van der Waals surface area (Å²) in [6.07, 6.45) is 2.78. The Balaban J connectivity index is 2.29. The molecule has 0 unspecified atom stereocenters. The SMILES string of the molecule is O=C(c1cccnc1)c1ccc(OC(F)F)cc1F. The molecule has 0 bridgehead atoms. The lowest BCUT2D eigenvalue weighted by Gasteiger charge is -2.06. The molecule has 0 atom stereocenters. The van der Waals surface area contributed by atoms with Crippen molar-refractivity contribution in [2.45, 2.75) is 6.61 Å². The van der Waals surface area contributed by atoms with E-state index in [1.807, 2.05) is 0 Å². The molecule has 2 aromatic rings. The molecule has 6 heteroatoms. The molecule has 1 aromatic heterocycles. The number of carbonyl (C=O) groups is 1. The monoisotopic (exact) mass is 267 g/mol. The third kappa shape index (κ3) is 3.09. The minimum absolute atomic E-state index is 0.212. The van der Waals surface area contributed by atoms with E-state index in [4.69, 9.17) is 0 Å². The molecule has 1 aromatic carbocycles. The number of benzene rings is 1. The molecule has 2 rings (SSSR count). The maximum atomic E-state index is 13.7. The first-order valence-corrected chi connectivity index (χ1v) is 5.27. The van der Waals surface area contributed by atoms with Gasteiger partial charge >= 0.3 is 6.61 Å². The number of halogens is 3. The van der Waals surface area contributed by atoms with Crippen molar-refractivity contribution in [3.63, 3.8) is 0 Å². The molecular formula is C13H8F3NO2. The third-order valence-corrected chi connectivity index (χ3v) is 2.33. The number of ketones is 1. The molecule has 0 spiro atoms. The van der Waals surface area contributed by atoms with Gasteiger partial charge in [0.1, 0.15) is 11.6 Å². The van der Waals surface area contributed by atoms with Crippen molar-refractivity contribution in [1.82, 2.24) is 4.98 Å². The van der Waals surface area contributed by atoms with Crippen molar-refractivity contribution in [3.05, 3.63) is 59.7 Å². The molecule has 19 heavy (non-hydrogen) atoms. The van der Waals surface area contributed by atoms with Crippen LogP contribution in [-0.2, 0) is 0 Å². The van der Waals surface area contributed by atoms with E-state index in [2.05, 4.69) is 9.72 Å². The highest BCUT2D eigenvalue weighted by Gasteiger charge is 2.15. The van der Waals surface area contributed by atoms with E-state index in [0.717, 1.165) is 18.2 Å². The van der Waals surface area contributed by atoms with Gasteiger partial charge in [0.2, 0.25) is 0 Å². The predicted molar refractivity (Wildman–Crippen MR) is 60.7 cm³/mol. The van der Waals surface area contributed by atoms with Crippen LogP contribution in [-0.4, -0.2) is 17.4 Å². The zero-order valence-electron chi connectivity index (χ0n) is 9.52. The van der Waals surface area contributed by atoms with E-state index in [0.29, 0.717) is 0 Å². The average Bonchev–Trinajstić information content (AvgIpc) is 2.38. The molecule has 0 saturated carbocycles. The van der Waals surface area contributed by atoms with Gasteiger partial charge in [-0.05, 0) is 24.3 Å². The Kier molecular flexibility index (Phi) is 3.79. The number of aromatic nitrogens is 1. The quantitative estimate of drug-likeness (QED) is 0.799. The zero-order valence-corrected chi connectivity index (χ0v) is 9.52. The van der Waals surface area contributed by atoms with Crippen LogP contribution in [0.15, 0.2) is 42.7 Å². The number of nitrogens with zero attached hydrogens (tertiary/aromatic N) is 1. The Morgan fingerprint density at radius 3 is 2.63 bits per heavy atom. The van der Waals surface area contributed by atoms with Gasteiger partial charge in [-0.15, -0.1) is 0 Å². The zero-order chi connectivity index (χ0) is 13.8. The van der Waals surface area contributed by atoms with Gasteiger partial charge in [-0.2, -0.15) is 8.78 Å². The maximum absolute atomic E-state index is 13.7. The Labute approximate surface area is 106 Å². The fourth-order valence-corrected chi connectivity index (χ4v) is 1.51. The molecule has 98 valence electrons. The number of carbonyl (C=O) groups excluding carboxylic acids is 1. The van der Waals surface area contributed by atoms with Crippen LogP contribution in [0.2, 0.25) is 0 Å². The van der Waals surface area contributed by atoms with E-state index in [1.54, 1.807) is 6.07 Å². The summed E-state index contributed by atoms with van der Waals surface area (Å²) >= 11 is 0. The van der Waals surface area contributed by atoms with Gasteiger partial charge in [-0.25, -0.2) is 4.39 Å². The molecule has 0 amide bonds. The third-order valence-electron chi connectivity index (χ3n) is 2.33. The highest BCUT2D eigenvalue weighted by molar-refractivity contribution is 6.09. The van der Waals surface area contributed by atoms with E-state index in [-0.39, 0.29) is 16.9 Å². The van der Waals surface area contributed by atoms with Crippen LogP contribution < -0.4 is 4.74 Å². The summed E-state index contributed by atoms with van der Waals surface area (Å²) in [6, 6.07) is 5.98. The highest BCUT2D eigenvalue weighted by Crippen LogP contribution is 2.20. The number of rotatable bonds is 4. The Bertz CT molecular complexity index is 588. The smallest absolute Gasteiger partial charge is 0.387 e. The fourth-order valence-electron chi connectivity index (χ4n) is 1.51. The molecule has 0 radical (unpaired) electrons. The number of ether oxygens (including phenoxy) is 1. The first kappa shape index (κ1) is 13.1. The van der Waals surface area contributed by atoms with Crippen molar-refractivity contribution < 1.29 is 22.7 Å². The number of pyridine rings is 1. The molecule has 0 fully saturated rings. The standard InChI is InChI=1S/C13H8F3NO2/c14-11-6-9(19-13(15)16)3-4-10(11)12(18)8-2-1-5-17-7-8/h1-7,13H. The van der Waals surface area contributed by atoms with E-state index >= 15 is 0 Å². The van der Waals surface area contributed by atoms with Crippen molar-refractivity contribution in [3.8, 4) is 5.75 Å². The first-order valence-electron chi connectivity index (χ1n) is 5.27. The lowest BCUT2D eigenvalue weighted by Crippen LogP contribution is -2.06. The van der Waals surface area contributed by atoms with E-state index in [1.165, 1.54) is 18.5 Å². The van der Waals surface area contributed by atoms with Crippen LogP contribution >= 0.6 is 0 Å². The van der Waals surface area contributed by atoms with Crippen LogP contribution in [0.3, 0.4) is 0 Å². The topological polar surface area (TPSA) is 39.2 Å². The fraction of sp³-hybridized carbons (Fsp3) is 0.0769. The summed E-state index contributed by atoms with van der Waals surface area (Å²) in [5.74, 6) is -1.84. The lowest BCUT2D eigenvalue weighted by atomic mass is 10.0. The normalized spacial score (nSPS) is 10.5. The molecule has 0 N–H and O–H groups in total. The summed E-state index contributed by atoms with van der Waals surface area (Å²) in [5.41, 5.74) is -0.0152. The van der Waals surface area contributed by atoms with E-state index < -0.39 is 18.2 Å². The summed E-state index contributed by atoms with van der Waals surface area (Å²) in [5, 5.41) is 0. The maximum Gasteiger partial charge on any atom is 0.387 e. The van der Waals surface area contributed by atoms with Gasteiger partial charge in [-0.3, -0.25) is 9.78 Å². The van der Waals surface area contributed by atoms with Crippen molar-refractivity contribution >= 4 is 5.78 Å². The number of hydrogen-bond donors (Lipinski definition) is 0. The summed E-state index contributed by atoms with van der Waals surface area (Å²) in [6.45, 7) is -3.04. The van der Waals surface area contributed by atoms with Crippen LogP contribution in [0.1, 0.15) is 15.9 Å². The summed E-state index contributed by atoms with van der Waals surface area (Å²) in [4.78, 5) is 15.7. The number of alkyl halides is 2. The van der Waals surface area contributed by atoms with Crippen molar-refractivity contribution in [2.75, 3.05) is 0 Å². The summed E-state index contributed by atoms with van der Waals surface area (Å²) < 4.78 is 41.6. The highest BCUT2D eigenvalue weighted by atomic mass is 19.3. The Hall–Kier alpha value is -2.37. The van der Waals surface area contributed by atoms with Gasteiger partial charge in [0.25, 0.3) is 0 Å². The molecule has 0 saturated heterocycles. The van der Waals surface area contributed by atoms with E-state index in [9.17, 15) is 18.0 Å². The van der Waals surface area contributed by atoms with Crippen molar-refractivity contribution in [1.29, 1.82) is 0 Å². The van der Waals surface area contributed by atoms with Crippen LogP contribution in [0.5, 0.6) is 5.75 Å². The van der Waals surface area contributed by atoms with Gasteiger partial charge in [0.15, 0.2) is 5.78 Å². The average molecular weight is 267 g/mol. The molecule has 3 nitrogen and oxygen atoms in total. The van der Waals surface area contributed by atoms with Crippen LogP contribution in [0.25, 0.3) is 0 Å². The van der Waals surface area contributed by atoms with Gasteiger partial charge in [0.05, 0.1) is 5.56 Å². The molecular weight excluding hydrogens is 259 g/mol. The number of hydrogen-bond acceptors (Lipinski definition) is 3. The second-order valence-corrected chi connectivity index (χ2v) is 3.59. The lowest BCUT2D eigenvalue weighted by molar-refractivity contribution is -0.0499. The second kappa shape index (κ2) is 5.51. The molecule has 1 heterocycles. The Morgan fingerprint density at radius 2 is 2.05 bits per heavy atom.